The van der Waals surface area contributed by atoms with Crippen molar-refractivity contribution in [2.24, 2.45) is 0 Å². The summed E-state index contributed by atoms with van der Waals surface area (Å²) in [6, 6.07) is 0.892. The number of hydrogen-bond acceptors (Lipinski definition) is 2. The molecular formula is C8H7BrF3NO. The molecule has 0 aliphatic rings. The molecule has 0 saturated heterocycles. The standard InChI is InChI=1S/C8H7BrF3NO/c9-2-4-14-7-5-13-3-1-6(7)8(10,11)12/h1,3,5H,2,4H2. The smallest absolute Gasteiger partial charge is 0.420 e. The van der Waals surface area contributed by atoms with Gasteiger partial charge in [-0.05, 0) is 6.07 Å². The van der Waals surface area contributed by atoms with Gasteiger partial charge in [-0.3, -0.25) is 4.98 Å². The molecule has 78 valence electrons. The summed E-state index contributed by atoms with van der Waals surface area (Å²) in [6.07, 6.45) is -2.25. The first-order chi connectivity index (χ1) is 6.55. The number of alkyl halides is 4. The molecule has 0 aromatic carbocycles. The molecule has 6 heteroatoms. The number of rotatable bonds is 3. The second-order valence-electron chi connectivity index (χ2n) is 2.41. The van der Waals surface area contributed by atoms with Crippen LogP contribution in [0.4, 0.5) is 13.2 Å². The van der Waals surface area contributed by atoms with Gasteiger partial charge in [-0.1, -0.05) is 15.9 Å². The lowest BCUT2D eigenvalue weighted by Crippen LogP contribution is -2.09. The van der Waals surface area contributed by atoms with Gasteiger partial charge in [0.2, 0.25) is 0 Å². The highest BCUT2D eigenvalue weighted by Gasteiger charge is 2.34. The van der Waals surface area contributed by atoms with Crippen LogP contribution in [0.15, 0.2) is 18.5 Å². The summed E-state index contributed by atoms with van der Waals surface area (Å²) in [6.45, 7) is 0.175. The Balaban J connectivity index is 2.92. The van der Waals surface area contributed by atoms with Crippen molar-refractivity contribution in [1.82, 2.24) is 4.98 Å². The number of halogens is 4. The Morgan fingerprint density at radius 1 is 1.43 bits per heavy atom. The van der Waals surface area contributed by atoms with Crippen LogP contribution in [0.25, 0.3) is 0 Å². The van der Waals surface area contributed by atoms with Crippen molar-refractivity contribution in [1.29, 1.82) is 0 Å². The highest BCUT2D eigenvalue weighted by molar-refractivity contribution is 9.09. The first-order valence-electron chi connectivity index (χ1n) is 3.75. The maximum Gasteiger partial charge on any atom is 0.420 e. The normalized spacial score (nSPS) is 11.4. The Morgan fingerprint density at radius 3 is 2.71 bits per heavy atom. The van der Waals surface area contributed by atoms with Crippen molar-refractivity contribution in [3.63, 3.8) is 0 Å². The Labute approximate surface area is 87.2 Å². The fourth-order valence-electron chi connectivity index (χ4n) is 0.878. The van der Waals surface area contributed by atoms with Crippen LogP contribution in [0.1, 0.15) is 5.56 Å². The van der Waals surface area contributed by atoms with Crippen molar-refractivity contribution in [2.75, 3.05) is 11.9 Å². The minimum atomic E-state index is -4.40. The molecule has 0 atom stereocenters. The van der Waals surface area contributed by atoms with Crippen molar-refractivity contribution in [3.8, 4) is 5.75 Å². The Hall–Kier alpha value is -0.780. The van der Waals surface area contributed by atoms with Gasteiger partial charge in [-0.2, -0.15) is 13.2 Å². The fraction of sp³-hybridized carbons (Fsp3) is 0.375. The molecule has 0 radical (unpaired) electrons. The molecule has 1 aromatic heterocycles. The largest absolute Gasteiger partial charge is 0.490 e. The molecule has 2 nitrogen and oxygen atoms in total. The molecule has 0 aliphatic heterocycles. The van der Waals surface area contributed by atoms with Gasteiger partial charge in [-0.25, -0.2) is 0 Å². The van der Waals surface area contributed by atoms with Crippen molar-refractivity contribution >= 4 is 15.9 Å². The van der Waals surface area contributed by atoms with Crippen LogP contribution in [0.5, 0.6) is 5.75 Å². The molecule has 0 fully saturated rings. The SMILES string of the molecule is FC(F)(F)c1ccncc1OCCBr. The molecule has 0 bridgehead atoms. The monoisotopic (exact) mass is 269 g/mol. The molecule has 14 heavy (non-hydrogen) atoms. The van der Waals surface area contributed by atoms with Crippen molar-refractivity contribution in [2.45, 2.75) is 6.18 Å². The summed E-state index contributed by atoms with van der Waals surface area (Å²) in [5.74, 6) is -0.237. The molecular weight excluding hydrogens is 263 g/mol. The first-order valence-corrected chi connectivity index (χ1v) is 4.88. The van der Waals surface area contributed by atoms with E-state index in [9.17, 15) is 13.2 Å². The summed E-state index contributed by atoms with van der Waals surface area (Å²) >= 11 is 3.06. The molecule has 0 spiro atoms. The molecule has 0 amide bonds. The molecule has 0 N–H and O–H groups in total. The number of aromatic nitrogens is 1. The minimum absolute atomic E-state index is 0.175. The van der Waals surface area contributed by atoms with E-state index >= 15 is 0 Å². The van der Waals surface area contributed by atoms with E-state index in [1.807, 2.05) is 0 Å². The summed E-state index contributed by atoms with van der Waals surface area (Å²) in [4.78, 5) is 3.57. The van der Waals surface area contributed by atoms with E-state index in [-0.39, 0.29) is 12.4 Å². The highest BCUT2D eigenvalue weighted by atomic mass is 79.9. The quantitative estimate of drug-likeness (QED) is 0.788. The number of hydrogen-bond donors (Lipinski definition) is 0. The summed E-state index contributed by atoms with van der Waals surface area (Å²) < 4.78 is 42.0. The number of nitrogens with zero attached hydrogens (tertiary/aromatic N) is 1. The van der Waals surface area contributed by atoms with Crippen LogP contribution in [-0.2, 0) is 6.18 Å². The van der Waals surface area contributed by atoms with Gasteiger partial charge in [-0.15, -0.1) is 0 Å². The lowest BCUT2D eigenvalue weighted by atomic mass is 10.2. The fourth-order valence-corrected chi connectivity index (χ4v) is 1.04. The summed E-state index contributed by atoms with van der Waals surface area (Å²) in [5.41, 5.74) is -0.798. The first kappa shape index (κ1) is 11.3. The molecule has 0 saturated carbocycles. The minimum Gasteiger partial charge on any atom is -0.490 e. The zero-order chi connectivity index (χ0) is 10.6. The maximum atomic E-state index is 12.4. The number of ether oxygens (including phenoxy) is 1. The summed E-state index contributed by atoms with van der Waals surface area (Å²) in [5, 5.41) is 0.471. The van der Waals surface area contributed by atoms with Crippen molar-refractivity contribution in [3.05, 3.63) is 24.0 Å². The Kier molecular flexibility index (Phi) is 3.74. The second-order valence-corrected chi connectivity index (χ2v) is 3.20. The average molecular weight is 270 g/mol. The van der Waals surface area contributed by atoms with E-state index in [1.165, 1.54) is 0 Å². The van der Waals surface area contributed by atoms with E-state index in [1.54, 1.807) is 0 Å². The van der Waals surface area contributed by atoms with Crippen LogP contribution in [0, 0.1) is 0 Å². The molecule has 1 rings (SSSR count). The van der Waals surface area contributed by atoms with Gasteiger partial charge in [0.15, 0.2) is 0 Å². The Bertz CT molecular complexity index is 303. The Morgan fingerprint density at radius 2 is 2.14 bits per heavy atom. The zero-order valence-corrected chi connectivity index (χ0v) is 8.60. The maximum absolute atomic E-state index is 12.4. The molecule has 0 unspecified atom stereocenters. The van der Waals surface area contributed by atoms with Gasteiger partial charge in [0.05, 0.1) is 12.8 Å². The predicted molar refractivity (Wildman–Crippen MR) is 48.5 cm³/mol. The third-order valence-electron chi connectivity index (χ3n) is 1.42. The van der Waals surface area contributed by atoms with Crippen LogP contribution in [0.2, 0.25) is 0 Å². The van der Waals surface area contributed by atoms with Crippen LogP contribution in [0.3, 0.4) is 0 Å². The van der Waals surface area contributed by atoms with Gasteiger partial charge < -0.3 is 4.74 Å². The van der Waals surface area contributed by atoms with Gasteiger partial charge >= 0.3 is 6.18 Å². The topological polar surface area (TPSA) is 22.1 Å². The van der Waals surface area contributed by atoms with E-state index in [2.05, 4.69) is 20.9 Å². The molecule has 0 aliphatic carbocycles. The highest BCUT2D eigenvalue weighted by Crippen LogP contribution is 2.35. The van der Waals surface area contributed by atoms with E-state index in [4.69, 9.17) is 4.74 Å². The third kappa shape index (κ3) is 2.87. The zero-order valence-electron chi connectivity index (χ0n) is 7.01. The van der Waals surface area contributed by atoms with Gasteiger partial charge in [0.25, 0.3) is 0 Å². The van der Waals surface area contributed by atoms with Crippen LogP contribution >= 0.6 is 15.9 Å². The predicted octanol–water partition coefficient (Wildman–Crippen LogP) is 2.87. The van der Waals surface area contributed by atoms with Gasteiger partial charge in [0.1, 0.15) is 11.3 Å². The summed E-state index contributed by atoms with van der Waals surface area (Å²) in [7, 11) is 0. The second kappa shape index (κ2) is 4.63. The van der Waals surface area contributed by atoms with E-state index < -0.39 is 11.7 Å². The van der Waals surface area contributed by atoms with Crippen LogP contribution in [-0.4, -0.2) is 16.9 Å². The third-order valence-corrected chi connectivity index (χ3v) is 1.75. The average Bonchev–Trinajstić information content (AvgIpc) is 2.14. The lowest BCUT2D eigenvalue weighted by molar-refractivity contribution is -0.139. The molecule has 1 heterocycles. The van der Waals surface area contributed by atoms with E-state index in [0.717, 1.165) is 18.5 Å². The van der Waals surface area contributed by atoms with E-state index in [0.29, 0.717) is 5.33 Å². The lowest BCUT2D eigenvalue weighted by Gasteiger charge is -2.11. The molecule has 1 aromatic rings. The van der Waals surface area contributed by atoms with Crippen molar-refractivity contribution < 1.29 is 17.9 Å². The van der Waals surface area contributed by atoms with Gasteiger partial charge in [0, 0.05) is 11.5 Å². The van der Waals surface area contributed by atoms with Crippen LogP contribution < -0.4 is 4.74 Å². The number of pyridine rings is 1.